The summed E-state index contributed by atoms with van der Waals surface area (Å²) in [5.41, 5.74) is 28.5. The highest BCUT2D eigenvalue weighted by Crippen LogP contribution is 2.28. The Kier molecular flexibility index (Phi) is 26.0. The lowest BCUT2D eigenvalue weighted by Gasteiger charge is -2.21. The molecule has 18 N–H and O–H groups in total. The second-order valence-electron chi connectivity index (χ2n) is 18.1. The average Bonchev–Trinajstić information content (AvgIpc) is 3.46. The minimum absolute atomic E-state index is 0.00836. The lowest BCUT2D eigenvalue weighted by molar-refractivity contribution is -0.137. The van der Waals surface area contributed by atoms with E-state index in [1.54, 1.807) is 0 Å². The van der Waals surface area contributed by atoms with E-state index in [0.29, 0.717) is 51.6 Å². The molecule has 3 atom stereocenters. The van der Waals surface area contributed by atoms with Crippen LogP contribution in [-0.4, -0.2) is 125 Å². The minimum Gasteiger partial charge on any atom is -0.496 e. The van der Waals surface area contributed by atoms with Crippen molar-refractivity contribution in [3.05, 3.63) is 107 Å². The summed E-state index contributed by atoms with van der Waals surface area (Å²) < 4.78 is 21.5. The fraction of sp³-hybridized carbons (Fsp3) is 0.364. The number of methoxy groups -OCH3 is 4. The van der Waals surface area contributed by atoms with E-state index in [-0.39, 0.29) is 93.1 Å². The van der Waals surface area contributed by atoms with Crippen molar-refractivity contribution >= 4 is 76.0 Å². The molecule has 0 bridgehead atoms. The van der Waals surface area contributed by atoms with Gasteiger partial charge in [-0.15, -0.1) is 0 Å². The van der Waals surface area contributed by atoms with Gasteiger partial charge in [0.15, 0.2) is 0 Å². The van der Waals surface area contributed by atoms with Gasteiger partial charge < -0.3 is 89.9 Å². The molecule has 0 aliphatic rings. The van der Waals surface area contributed by atoms with Crippen LogP contribution >= 0.6 is 0 Å². The molecular formula is C55H72N12O14. The summed E-state index contributed by atoms with van der Waals surface area (Å²) in [6, 6.07) is 13.1. The summed E-state index contributed by atoms with van der Waals surface area (Å²) in [7, 11) is 5.26. The van der Waals surface area contributed by atoms with E-state index in [1.807, 2.05) is 0 Å². The molecule has 0 saturated carbocycles. The van der Waals surface area contributed by atoms with Crippen LogP contribution < -0.4 is 84.8 Å². The number of nitrogens with one attached hydrogen (secondary N) is 7. The number of carboxylic acids is 1. The molecular weight excluding hydrogens is 1050 g/mol. The van der Waals surface area contributed by atoms with Crippen LogP contribution in [0.1, 0.15) is 106 Å². The van der Waals surface area contributed by atoms with Crippen LogP contribution in [0, 0.1) is 0 Å². The monoisotopic (exact) mass is 1120 g/mol. The van der Waals surface area contributed by atoms with Gasteiger partial charge in [0.25, 0.3) is 29.5 Å². The topological polar surface area (TPSA) is 425 Å². The third-order valence-corrected chi connectivity index (χ3v) is 12.3. The first kappa shape index (κ1) is 64.4. The third-order valence-electron chi connectivity index (χ3n) is 12.3. The fourth-order valence-corrected chi connectivity index (χ4v) is 7.92. The maximum absolute atomic E-state index is 14.1. The van der Waals surface area contributed by atoms with Crippen LogP contribution in [-0.2, 0) is 24.0 Å². The molecule has 8 amide bonds. The number of nitrogens with two attached hydrogens (primary N) is 5. The van der Waals surface area contributed by atoms with Gasteiger partial charge in [0.2, 0.25) is 17.7 Å². The van der Waals surface area contributed by atoms with Gasteiger partial charge in [-0.05, 0) is 144 Å². The van der Waals surface area contributed by atoms with E-state index in [9.17, 15) is 48.3 Å². The quantitative estimate of drug-likeness (QED) is 0.0241. The average molecular weight is 1130 g/mol. The van der Waals surface area contributed by atoms with Crippen molar-refractivity contribution in [1.29, 1.82) is 0 Å². The van der Waals surface area contributed by atoms with Crippen LogP contribution in [0.25, 0.3) is 0 Å². The summed E-state index contributed by atoms with van der Waals surface area (Å²) in [6.07, 6.45) is 4.00. The number of unbranched alkanes of at least 4 members (excludes halogenated alkanes) is 3. The molecule has 0 aliphatic carbocycles. The molecule has 0 aliphatic heterocycles. The molecule has 4 aromatic rings. The zero-order valence-electron chi connectivity index (χ0n) is 45.6. The predicted octanol–water partition coefficient (Wildman–Crippen LogP) is 2.67. The number of benzene rings is 4. The Morgan fingerprint density at radius 1 is 0.506 bits per heavy atom. The van der Waals surface area contributed by atoms with Crippen molar-refractivity contribution < 1.29 is 67.2 Å². The van der Waals surface area contributed by atoms with E-state index in [0.717, 1.165) is 0 Å². The zero-order chi connectivity index (χ0) is 59.6. The van der Waals surface area contributed by atoms with Gasteiger partial charge in [-0.3, -0.25) is 43.2 Å². The van der Waals surface area contributed by atoms with Crippen LogP contribution in [0.2, 0.25) is 0 Å². The van der Waals surface area contributed by atoms with E-state index < -0.39 is 84.2 Å². The molecule has 436 valence electrons. The van der Waals surface area contributed by atoms with E-state index in [1.165, 1.54) is 107 Å². The SMILES string of the molecule is COc1ccc(NC(=O)C(CCCCN)NC(=O)c2cc(NC(=O)C(CCC(=O)O)NC(=O)c3cc(NC(=O)C(=CCCCN)NC(=O)c4cc(NC(=O)C(N)CCCCN)ccc4OC)ccc3OC)ccc2OC)cc1C(N)=O. The van der Waals surface area contributed by atoms with Crippen LogP contribution in [0.4, 0.5) is 22.7 Å². The normalized spacial score (nSPS) is 12.1. The van der Waals surface area contributed by atoms with Gasteiger partial charge in [-0.25, -0.2) is 0 Å². The van der Waals surface area contributed by atoms with Crippen molar-refractivity contribution in [1.82, 2.24) is 16.0 Å². The highest BCUT2D eigenvalue weighted by Gasteiger charge is 2.28. The Bertz CT molecular complexity index is 2930. The molecule has 0 saturated heterocycles. The minimum atomic E-state index is -1.52. The number of allylic oxidation sites excluding steroid dienone is 1. The van der Waals surface area contributed by atoms with Gasteiger partial charge in [0, 0.05) is 29.2 Å². The number of amides is 8. The van der Waals surface area contributed by atoms with Gasteiger partial charge in [-0.2, -0.15) is 0 Å². The Morgan fingerprint density at radius 2 is 0.901 bits per heavy atom. The van der Waals surface area contributed by atoms with Crippen LogP contribution in [0.3, 0.4) is 0 Å². The molecule has 0 heterocycles. The largest absolute Gasteiger partial charge is 0.496 e. The lowest BCUT2D eigenvalue weighted by Crippen LogP contribution is -2.44. The first-order valence-corrected chi connectivity index (χ1v) is 25.8. The van der Waals surface area contributed by atoms with E-state index in [4.69, 9.17) is 47.6 Å². The maximum Gasteiger partial charge on any atom is 0.303 e. The lowest BCUT2D eigenvalue weighted by atomic mass is 10.1. The Hall–Kier alpha value is -9.11. The van der Waals surface area contributed by atoms with Gasteiger partial charge in [0.1, 0.15) is 40.8 Å². The van der Waals surface area contributed by atoms with Gasteiger partial charge >= 0.3 is 5.97 Å². The number of aliphatic carboxylic acids is 1. The second kappa shape index (κ2) is 32.7. The molecule has 4 aromatic carbocycles. The number of ether oxygens (including phenoxy) is 4. The summed E-state index contributed by atoms with van der Waals surface area (Å²) in [5.74, 6) is -7.08. The third kappa shape index (κ3) is 19.6. The number of primary amides is 1. The molecule has 26 heteroatoms. The first-order chi connectivity index (χ1) is 38.8. The number of carboxylic acid groups (broad SMARTS) is 1. The molecule has 0 radical (unpaired) electrons. The van der Waals surface area contributed by atoms with E-state index >= 15 is 0 Å². The highest BCUT2D eigenvalue weighted by atomic mass is 16.5. The Balaban J connectivity index is 1.56. The molecule has 4 rings (SSSR count). The van der Waals surface area contributed by atoms with Crippen molar-refractivity contribution in [3.8, 4) is 23.0 Å². The highest BCUT2D eigenvalue weighted by molar-refractivity contribution is 6.11. The van der Waals surface area contributed by atoms with Crippen LogP contribution in [0.5, 0.6) is 23.0 Å². The first-order valence-electron chi connectivity index (χ1n) is 25.8. The molecule has 0 spiro atoms. The number of hydrogen-bond donors (Lipinski definition) is 13. The second-order valence-corrected chi connectivity index (χ2v) is 18.1. The molecule has 0 fully saturated rings. The summed E-state index contributed by atoms with van der Waals surface area (Å²) in [6.45, 7) is 1.03. The smallest absolute Gasteiger partial charge is 0.303 e. The number of hydrogen-bond acceptors (Lipinski definition) is 17. The van der Waals surface area contributed by atoms with Crippen molar-refractivity contribution in [2.24, 2.45) is 28.7 Å². The summed E-state index contributed by atoms with van der Waals surface area (Å²) >= 11 is 0. The fourth-order valence-electron chi connectivity index (χ4n) is 7.92. The Labute approximate surface area is 467 Å². The number of anilines is 4. The summed E-state index contributed by atoms with van der Waals surface area (Å²) in [5, 5.41) is 28.1. The summed E-state index contributed by atoms with van der Waals surface area (Å²) in [4.78, 5) is 120. The number of carbonyl (C=O) groups excluding carboxylic acids is 8. The molecule has 26 nitrogen and oxygen atoms in total. The van der Waals surface area contributed by atoms with Crippen LogP contribution in [0.15, 0.2) is 84.6 Å². The number of carbonyl (C=O) groups is 9. The standard InChI is InChI=1S/C55H72N12O14/c1-78-43-19-14-31(27-35(43)48(60)70)62-53(75)40(12-6-9-25-57)65-50(72)37-30-34(17-22-45(37)80-3)64-55(77)42(18-23-47(68)69)67-51(73)38-29-33(16-21-46(38)81-4)63-54(76)41(13-7-10-26-58)66-49(71)36-28-32(15-20-44(36)79-2)61-52(74)39(59)11-5-8-24-56/h13-17,19-22,27-30,39-40,42H,5-12,18,23-26,56-59H2,1-4H3,(H2,60,70)(H,61,74)(H,62,75)(H,63,76)(H,64,77)(H,65,72)(H,66,71)(H,67,73)(H,68,69). The van der Waals surface area contributed by atoms with Gasteiger partial charge in [0.05, 0.1) is 56.7 Å². The molecule has 3 unspecified atom stereocenters. The maximum atomic E-state index is 14.1. The van der Waals surface area contributed by atoms with E-state index in [2.05, 4.69) is 37.2 Å². The predicted molar refractivity (Wildman–Crippen MR) is 302 cm³/mol. The van der Waals surface area contributed by atoms with Crippen molar-refractivity contribution in [3.63, 3.8) is 0 Å². The van der Waals surface area contributed by atoms with Crippen molar-refractivity contribution in [2.45, 2.75) is 82.3 Å². The zero-order valence-corrected chi connectivity index (χ0v) is 45.6. The van der Waals surface area contributed by atoms with Crippen molar-refractivity contribution in [2.75, 3.05) is 69.3 Å². The van der Waals surface area contributed by atoms with Gasteiger partial charge in [-0.1, -0.05) is 12.5 Å². The Morgan fingerprint density at radius 3 is 1.33 bits per heavy atom. The number of rotatable bonds is 33. The molecule has 0 aromatic heterocycles. The molecule has 81 heavy (non-hydrogen) atoms.